The van der Waals surface area contributed by atoms with Crippen LogP contribution in [0.3, 0.4) is 0 Å². The maximum atomic E-state index is 12.6. The van der Waals surface area contributed by atoms with Gasteiger partial charge in [0.15, 0.2) is 0 Å². The van der Waals surface area contributed by atoms with E-state index in [4.69, 9.17) is 4.74 Å². The van der Waals surface area contributed by atoms with Crippen LogP contribution in [0, 0.1) is 0 Å². The van der Waals surface area contributed by atoms with Gasteiger partial charge >= 0.3 is 6.09 Å². The molecule has 1 aromatic heterocycles. The molecule has 1 aliphatic rings. The maximum Gasteiger partial charge on any atom is 0.409 e. The first kappa shape index (κ1) is 15.9. The van der Waals surface area contributed by atoms with Crippen LogP contribution in [0.15, 0.2) is 16.7 Å². The fourth-order valence-electron chi connectivity index (χ4n) is 2.51. The van der Waals surface area contributed by atoms with Gasteiger partial charge < -0.3 is 19.1 Å². The molecule has 0 saturated carbocycles. The van der Waals surface area contributed by atoms with E-state index in [1.165, 1.54) is 7.11 Å². The van der Waals surface area contributed by atoms with Gasteiger partial charge in [-0.3, -0.25) is 4.79 Å². The minimum absolute atomic E-state index is 0.00858. The van der Waals surface area contributed by atoms with Gasteiger partial charge in [-0.2, -0.15) is 0 Å². The Morgan fingerprint density at radius 3 is 2.57 bits per heavy atom. The lowest BCUT2D eigenvalue weighted by molar-refractivity contribution is 0.0746. The zero-order valence-electron chi connectivity index (χ0n) is 12.3. The van der Waals surface area contributed by atoms with E-state index >= 15 is 0 Å². The Bertz CT molecular complexity index is 530. The maximum absolute atomic E-state index is 12.6. The molecule has 116 valence electrons. The normalized spacial score (nSPS) is 15.8. The molecule has 1 aliphatic heterocycles. The van der Waals surface area contributed by atoms with Gasteiger partial charge in [-0.05, 0) is 35.3 Å². The average Bonchev–Trinajstić information content (AvgIpc) is 2.71. The highest BCUT2D eigenvalue weighted by Crippen LogP contribution is 2.17. The van der Waals surface area contributed by atoms with Crippen molar-refractivity contribution in [2.45, 2.75) is 19.9 Å². The van der Waals surface area contributed by atoms with E-state index in [1.54, 1.807) is 9.80 Å². The Kier molecular flexibility index (Phi) is 5.27. The van der Waals surface area contributed by atoms with Gasteiger partial charge in [0.1, 0.15) is 5.69 Å². The number of aryl methyl sites for hydroxylation is 1. The second-order valence-corrected chi connectivity index (χ2v) is 5.85. The van der Waals surface area contributed by atoms with Crippen LogP contribution in [-0.2, 0) is 11.3 Å². The van der Waals surface area contributed by atoms with Crippen molar-refractivity contribution >= 4 is 27.9 Å². The number of amides is 2. The number of ether oxygens (including phenoxy) is 1. The summed E-state index contributed by atoms with van der Waals surface area (Å²) in [7, 11) is 1.38. The predicted molar refractivity (Wildman–Crippen MR) is 82.3 cm³/mol. The molecular formula is C14H20BrN3O3. The van der Waals surface area contributed by atoms with Crippen LogP contribution in [0.5, 0.6) is 0 Å². The first-order chi connectivity index (χ1) is 10.1. The van der Waals surface area contributed by atoms with Crippen molar-refractivity contribution in [2.75, 3.05) is 33.3 Å². The van der Waals surface area contributed by atoms with Crippen LogP contribution in [-0.4, -0.2) is 59.7 Å². The third kappa shape index (κ3) is 3.58. The van der Waals surface area contributed by atoms with E-state index < -0.39 is 0 Å². The van der Waals surface area contributed by atoms with Crippen LogP contribution in [0.1, 0.15) is 23.8 Å². The van der Waals surface area contributed by atoms with Crippen molar-refractivity contribution in [2.24, 2.45) is 0 Å². The summed E-state index contributed by atoms with van der Waals surface area (Å²) >= 11 is 3.41. The molecule has 0 aliphatic carbocycles. The highest BCUT2D eigenvalue weighted by molar-refractivity contribution is 9.10. The summed E-state index contributed by atoms with van der Waals surface area (Å²) < 4.78 is 7.57. The molecular weight excluding hydrogens is 338 g/mol. The zero-order chi connectivity index (χ0) is 15.4. The quantitative estimate of drug-likeness (QED) is 0.814. The summed E-state index contributed by atoms with van der Waals surface area (Å²) in [5.74, 6) is 0.00858. The van der Waals surface area contributed by atoms with Crippen LogP contribution >= 0.6 is 15.9 Å². The van der Waals surface area contributed by atoms with E-state index in [1.807, 2.05) is 23.8 Å². The number of halogens is 1. The summed E-state index contributed by atoms with van der Waals surface area (Å²) in [6.07, 6.45) is 2.34. The molecule has 0 spiro atoms. The van der Waals surface area contributed by atoms with Crippen LogP contribution in [0.2, 0.25) is 0 Å². The second kappa shape index (κ2) is 6.98. The first-order valence-corrected chi connectivity index (χ1v) is 7.84. The van der Waals surface area contributed by atoms with E-state index in [0.717, 1.165) is 17.4 Å². The standard InChI is InChI=1S/C14H20BrN3O3/c1-3-16-10-11(15)9-12(16)13(19)17-5-4-6-18(8-7-17)14(20)21-2/h9-10H,3-8H2,1-2H3. The highest BCUT2D eigenvalue weighted by atomic mass is 79.9. The third-order valence-corrected chi connectivity index (χ3v) is 4.07. The first-order valence-electron chi connectivity index (χ1n) is 7.04. The Hall–Kier alpha value is -1.50. The summed E-state index contributed by atoms with van der Waals surface area (Å²) in [5.41, 5.74) is 0.677. The monoisotopic (exact) mass is 357 g/mol. The number of hydrogen-bond acceptors (Lipinski definition) is 3. The lowest BCUT2D eigenvalue weighted by Gasteiger charge is -2.21. The number of rotatable bonds is 2. The molecule has 2 heterocycles. The minimum Gasteiger partial charge on any atom is -0.453 e. The minimum atomic E-state index is -0.330. The van der Waals surface area contributed by atoms with Gasteiger partial charge in [0.05, 0.1) is 7.11 Å². The van der Waals surface area contributed by atoms with E-state index in [9.17, 15) is 9.59 Å². The zero-order valence-corrected chi connectivity index (χ0v) is 13.9. The number of nitrogens with zero attached hydrogens (tertiary/aromatic N) is 3. The van der Waals surface area contributed by atoms with Crippen molar-refractivity contribution in [3.8, 4) is 0 Å². The largest absolute Gasteiger partial charge is 0.453 e. The Morgan fingerprint density at radius 2 is 1.90 bits per heavy atom. The molecule has 0 atom stereocenters. The molecule has 2 amide bonds. The molecule has 1 saturated heterocycles. The average molecular weight is 358 g/mol. The molecule has 0 unspecified atom stereocenters. The Labute approximate surface area is 132 Å². The topological polar surface area (TPSA) is 54.8 Å². The molecule has 2 rings (SSSR count). The van der Waals surface area contributed by atoms with Gasteiger partial charge in [-0.1, -0.05) is 0 Å². The smallest absolute Gasteiger partial charge is 0.409 e. The number of methoxy groups -OCH3 is 1. The van der Waals surface area contributed by atoms with Crippen molar-refractivity contribution in [3.05, 3.63) is 22.4 Å². The van der Waals surface area contributed by atoms with Crippen molar-refractivity contribution in [3.63, 3.8) is 0 Å². The van der Waals surface area contributed by atoms with Crippen molar-refractivity contribution in [1.82, 2.24) is 14.4 Å². The Balaban J connectivity index is 2.08. The van der Waals surface area contributed by atoms with Gasteiger partial charge in [0.25, 0.3) is 5.91 Å². The van der Waals surface area contributed by atoms with E-state index in [0.29, 0.717) is 31.9 Å². The third-order valence-electron chi connectivity index (χ3n) is 3.64. The lowest BCUT2D eigenvalue weighted by Crippen LogP contribution is -2.37. The van der Waals surface area contributed by atoms with Crippen molar-refractivity contribution in [1.29, 1.82) is 0 Å². The van der Waals surface area contributed by atoms with Crippen molar-refractivity contribution < 1.29 is 14.3 Å². The Morgan fingerprint density at radius 1 is 1.24 bits per heavy atom. The number of carbonyl (C=O) groups is 2. The summed E-state index contributed by atoms with van der Waals surface area (Å²) in [6.45, 7) is 5.06. The fraction of sp³-hybridized carbons (Fsp3) is 0.571. The summed E-state index contributed by atoms with van der Waals surface area (Å²) in [4.78, 5) is 27.6. The van der Waals surface area contributed by atoms with Crippen LogP contribution in [0.4, 0.5) is 4.79 Å². The van der Waals surface area contributed by atoms with E-state index in [2.05, 4.69) is 15.9 Å². The number of aromatic nitrogens is 1. The number of carbonyl (C=O) groups excluding carboxylic acids is 2. The van der Waals surface area contributed by atoms with E-state index in [-0.39, 0.29) is 12.0 Å². The predicted octanol–water partition coefficient (Wildman–Crippen LogP) is 2.18. The highest BCUT2D eigenvalue weighted by Gasteiger charge is 2.24. The molecule has 1 fully saturated rings. The molecule has 6 nitrogen and oxygen atoms in total. The molecule has 1 aromatic rings. The molecule has 0 N–H and O–H groups in total. The lowest BCUT2D eigenvalue weighted by atomic mass is 10.3. The molecule has 0 aromatic carbocycles. The molecule has 21 heavy (non-hydrogen) atoms. The van der Waals surface area contributed by atoms with Gasteiger partial charge in [-0.25, -0.2) is 4.79 Å². The second-order valence-electron chi connectivity index (χ2n) is 4.93. The number of hydrogen-bond donors (Lipinski definition) is 0. The van der Waals surface area contributed by atoms with Crippen LogP contribution < -0.4 is 0 Å². The van der Waals surface area contributed by atoms with Crippen LogP contribution in [0.25, 0.3) is 0 Å². The SMILES string of the molecule is CCn1cc(Br)cc1C(=O)N1CCCN(C(=O)OC)CC1. The van der Waals surface area contributed by atoms with Gasteiger partial charge in [0.2, 0.25) is 0 Å². The molecule has 7 heteroatoms. The summed E-state index contributed by atoms with van der Waals surface area (Å²) in [6, 6.07) is 1.84. The molecule has 0 radical (unpaired) electrons. The van der Waals surface area contributed by atoms with Gasteiger partial charge in [0, 0.05) is 43.4 Å². The fourth-order valence-corrected chi connectivity index (χ4v) is 2.97. The van der Waals surface area contributed by atoms with Gasteiger partial charge in [-0.15, -0.1) is 0 Å². The summed E-state index contributed by atoms with van der Waals surface area (Å²) in [5, 5.41) is 0. The molecule has 0 bridgehead atoms.